The number of alkyl halides is 3. The van der Waals surface area contributed by atoms with Crippen molar-refractivity contribution in [2.45, 2.75) is 18.5 Å². The Hall–Kier alpha value is -1.10. The molecule has 1 aliphatic rings. The average molecular weight is 216 g/mol. The van der Waals surface area contributed by atoms with Gasteiger partial charge in [-0.25, -0.2) is 0 Å². The Morgan fingerprint density at radius 1 is 1.40 bits per heavy atom. The Morgan fingerprint density at radius 3 is 2.53 bits per heavy atom. The van der Waals surface area contributed by atoms with Gasteiger partial charge in [-0.05, 0) is 36.4 Å². The minimum Gasteiger partial charge on any atom is -0.330 e. The zero-order valence-corrected chi connectivity index (χ0v) is 7.96. The number of aromatic nitrogens is 1. The third-order valence-corrected chi connectivity index (χ3v) is 2.73. The van der Waals surface area contributed by atoms with E-state index in [4.69, 9.17) is 5.73 Å². The lowest BCUT2D eigenvalue weighted by Gasteiger charge is -2.06. The number of hydrogen-bond acceptors (Lipinski definition) is 2. The molecule has 1 fully saturated rings. The van der Waals surface area contributed by atoms with Gasteiger partial charge in [0.05, 0.1) is 0 Å². The fourth-order valence-corrected chi connectivity index (χ4v) is 1.71. The lowest BCUT2D eigenvalue weighted by Crippen LogP contribution is -2.08. The number of nitrogens with zero attached hydrogens (tertiary/aromatic N) is 1. The van der Waals surface area contributed by atoms with Crippen LogP contribution in [-0.4, -0.2) is 11.5 Å². The Labute approximate surface area is 85.3 Å². The monoisotopic (exact) mass is 216 g/mol. The summed E-state index contributed by atoms with van der Waals surface area (Å²) in [5.74, 6) is 0.730. The molecule has 0 radical (unpaired) electrons. The second-order valence-electron chi connectivity index (χ2n) is 3.81. The molecule has 1 aromatic heterocycles. The highest BCUT2D eigenvalue weighted by atomic mass is 19.4. The minimum atomic E-state index is -4.35. The first-order valence-corrected chi connectivity index (χ1v) is 4.75. The van der Waals surface area contributed by atoms with Gasteiger partial charge in [0.1, 0.15) is 5.69 Å². The highest BCUT2D eigenvalue weighted by Crippen LogP contribution is 2.46. The van der Waals surface area contributed by atoms with E-state index in [-0.39, 0.29) is 0 Å². The summed E-state index contributed by atoms with van der Waals surface area (Å²) in [7, 11) is 0. The molecule has 0 aromatic carbocycles. The molecular formula is C10H11F3N2. The molecule has 1 saturated carbocycles. The summed E-state index contributed by atoms with van der Waals surface area (Å²) in [4.78, 5) is 3.41. The second-order valence-corrected chi connectivity index (χ2v) is 3.81. The van der Waals surface area contributed by atoms with Gasteiger partial charge in [-0.15, -0.1) is 0 Å². The van der Waals surface area contributed by atoms with Crippen molar-refractivity contribution in [2.24, 2.45) is 11.7 Å². The van der Waals surface area contributed by atoms with Gasteiger partial charge in [-0.3, -0.25) is 4.98 Å². The minimum absolute atomic E-state index is 0.310. The van der Waals surface area contributed by atoms with E-state index in [1.54, 1.807) is 0 Å². The number of hydrogen-bond donors (Lipinski definition) is 1. The molecule has 0 unspecified atom stereocenters. The molecular weight excluding hydrogens is 205 g/mol. The van der Waals surface area contributed by atoms with Crippen LogP contribution in [0.4, 0.5) is 13.2 Å². The van der Waals surface area contributed by atoms with Crippen LogP contribution < -0.4 is 5.73 Å². The van der Waals surface area contributed by atoms with E-state index in [1.165, 1.54) is 12.3 Å². The Balaban J connectivity index is 2.12. The summed E-state index contributed by atoms with van der Waals surface area (Å²) < 4.78 is 36.6. The summed E-state index contributed by atoms with van der Waals surface area (Å²) in [6, 6.07) is 2.53. The average Bonchev–Trinajstić information content (AvgIpc) is 2.95. The lowest BCUT2D eigenvalue weighted by atomic mass is 10.1. The zero-order chi connectivity index (χ0) is 11.1. The van der Waals surface area contributed by atoms with Gasteiger partial charge in [0.25, 0.3) is 0 Å². The van der Waals surface area contributed by atoms with Gasteiger partial charge in [0.15, 0.2) is 0 Å². The molecule has 15 heavy (non-hydrogen) atoms. The van der Waals surface area contributed by atoms with Crippen LogP contribution in [0.2, 0.25) is 0 Å². The SMILES string of the molecule is NC[C@@H]1C[C@H]1c1ccc(C(F)(F)F)nc1. The number of pyridine rings is 1. The van der Waals surface area contributed by atoms with E-state index < -0.39 is 11.9 Å². The third kappa shape index (κ3) is 2.12. The maximum atomic E-state index is 12.2. The maximum Gasteiger partial charge on any atom is 0.433 e. The van der Waals surface area contributed by atoms with Gasteiger partial charge < -0.3 is 5.73 Å². The van der Waals surface area contributed by atoms with E-state index in [9.17, 15) is 13.2 Å². The predicted octanol–water partition coefficient (Wildman–Crippen LogP) is 2.16. The molecule has 82 valence electrons. The topological polar surface area (TPSA) is 38.9 Å². The van der Waals surface area contributed by atoms with Crippen LogP contribution in [0.3, 0.4) is 0 Å². The molecule has 1 aromatic rings. The van der Waals surface area contributed by atoms with Gasteiger partial charge in [-0.1, -0.05) is 6.07 Å². The summed E-state index contributed by atoms with van der Waals surface area (Å²) in [5, 5.41) is 0. The van der Waals surface area contributed by atoms with Crippen molar-refractivity contribution in [3.8, 4) is 0 Å². The Kier molecular flexibility index (Phi) is 2.42. The van der Waals surface area contributed by atoms with Crippen LogP contribution >= 0.6 is 0 Å². The molecule has 2 rings (SSSR count). The standard InChI is InChI=1S/C10H11F3N2/c11-10(12,13)9-2-1-6(5-15-9)8-3-7(8)4-14/h1-2,5,7-8H,3-4,14H2/t7-,8-/m0/s1. The van der Waals surface area contributed by atoms with Crippen molar-refractivity contribution in [1.29, 1.82) is 0 Å². The zero-order valence-electron chi connectivity index (χ0n) is 7.96. The predicted molar refractivity (Wildman–Crippen MR) is 49.1 cm³/mol. The summed E-state index contributed by atoms with van der Waals surface area (Å²) in [6.07, 6.45) is -2.08. The number of rotatable bonds is 2. The van der Waals surface area contributed by atoms with Gasteiger partial charge in [-0.2, -0.15) is 13.2 Å². The van der Waals surface area contributed by atoms with Crippen LogP contribution in [0.15, 0.2) is 18.3 Å². The van der Waals surface area contributed by atoms with E-state index in [0.29, 0.717) is 18.4 Å². The first kappa shape index (κ1) is 10.4. The third-order valence-electron chi connectivity index (χ3n) is 2.73. The molecule has 0 amide bonds. The van der Waals surface area contributed by atoms with Gasteiger partial charge in [0.2, 0.25) is 0 Å². The number of nitrogens with two attached hydrogens (primary N) is 1. The fraction of sp³-hybridized carbons (Fsp3) is 0.500. The van der Waals surface area contributed by atoms with Crippen molar-refractivity contribution in [3.63, 3.8) is 0 Å². The van der Waals surface area contributed by atoms with E-state index in [2.05, 4.69) is 4.98 Å². The van der Waals surface area contributed by atoms with Gasteiger partial charge >= 0.3 is 6.18 Å². The second kappa shape index (κ2) is 3.48. The van der Waals surface area contributed by atoms with Crippen LogP contribution in [0.5, 0.6) is 0 Å². The molecule has 0 saturated heterocycles. The van der Waals surface area contributed by atoms with E-state index in [1.807, 2.05) is 0 Å². The van der Waals surface area contributed by atoms with Crippen LogP contribution in [0.1, 0.15) is 23.6 Å². The van der Waals surface area contributed by atoms with E-state index in [0.717, 1.165) is 18.1 Å². The Bertz CT molecular complexity index is 345. The molecule has 1 aliphatic carbocycles. The molecule has 0 spiro atoms. The van der Waals surface area contributed by atoms with Crippen LogP contribution in [0, 0.1) is 5.92 Å². The lowest BCUT2D eigenvalue weighted by molar-refractivity contribution is -0.141. The normalized spacial score (nSPS) is 25.3. The molecule has 2 N–H and O–H groups in total. The molecule has 1 heterocycles. The highest BCUT2D eigenvalue weighted by molar-refractivity contribution is 5.25. The first-order valence-electron chi connectivity index (χ1n) is 4.75. The largest absolute Gasteiger partial charge is 0.433 e. The first-order chi connectivity index (χ1) is 7.02. The summed E-state index contributed by atoms with van der Waals surface area (Å²) in [5.41, 5.74) is 5.48. The molecule has 0 aliphatic heterocycles. The molecule has 5 heteroatoms. The van der Waals surface area contributed by atoms with Crippen molar-refractivity contribution >= 4 is 0 Å². The van der Waals surface area contributed by atoms with Crippen molar-refractivity contribution < 1.29 is 13.2 Å². The molecule has 0 bridgehead atoms. The smallest absolute Gasteiger partial charge is 0.330 e. The highest BCUT2D eigenvalue weighted by Gasteiger charge is 2.38. The van der Waals surface area contributed by atoms with Crippen molar-refractivity contribution in [2.75, 3.05) is 6.54 Å². The molecule has 2 atom stereocenters. The van der Waals surface area contributed by atoms with Crippen LogP contribution in [-0.2, 0) is 6.18 Å². The summed E-state index contributed by atoms with van der Waals surface area (Å²) >= 11 is 0. The maximum absolute atomic E-state index is 12.2. The van der Waals surface area contributed by atoms with E-state index >= 15 is 0 Å². The van der Waals surface area contributed by atoms with Crippen molar-refractivity contribution in [1.82, 2.24) is 4.98 Å². The van der Waals surface area contributed by atoms with Gasteiger partial charge in [0, 0.05) is 6.20 Å². The van der Waals surface area contributed by atoms with Crippen molar-refractivity contribution in [3.05, 3.63) is 29.6 Å². The molecule has 2 nitrogen and oxygen atoms in total. The Morgan fingerprint density at radius 2 is 2.13 bits per heavy atom. The summed E-state index contributed by atoms with van der Waals surface area (Å²) in [6.45, 7) is 0.589. The number of halogens is 3. The fourth-order valence-electron chi connectivity index (χ4n) is 1.71. The quantitative estimate of drug-likeness (QED) is 0.822. The van der Waals surface area contributed by atoms with Crippen LogP contribution in [0.25, 0.3) is 0 Å².